The van der Waals surface area contributed by atoms with Crippen molar-refractivity contribution in [1.82, 2.24) is 4.90 Å². The second kappa shape index (κ2) is 9.94. The van der Waals surface area contributed by atoms with E-state index in [9.17, 15) is 0 Å². The van der Waals surface area contributed by atoms with Crippen LogP contribution in [-0.2, 0) is 0 Å². The van der Waals surface area contributed by atoms with Gasteiger partial charge in [-0.1, -0.05) is 59.8 Å². The monoisotopic (exact) mass is 241 g/mol. The van der Waals surface area contributed by atoms with Gasteiger partial charge in [0.2, 0.25) is 0 Å². The molecule has 0 unspecified atom stereocenters. The summed E-state index contributed by atoms with van der Waals surface area (Å²) in [5.74, 6) is 0. The largest absolute Gasteiger partial charge is 0.301 e. The lowest BCUT2D eigenvalue weighted by Gasteiger charge is -2.44. The Balaban J connectivity index is 0.000000581. The van der Waals surface area contributed by atoms with E-state index in [1.807, 2.05) is 27.7 Å². The highest BCUT2D eigenvalue weighted by atomic mass is 15.2. The van der Waals surface area contributed by atoms with E-state index in [2.05, 4.69) is 11.9 Å². The van der Waals surface area contributed by atoms with E-state index in [0.717, 1.165) is 0 Å². The van der Waals surface area contributed by atoms with Crippen LogP contribution in [0.1, 0.15) is 85.5 Å². The van der Waals surface area contributed by atoms with Gasteiger partial charge >= 0.3 is 0 Å². The Hall–Kier alpha value is -0.0400. The maximum absolute atomic E-state index is 2.68. The summed E-state index contributed by atoms with van der Waals surface area (Å²) in [6.45, 7) is 9.35. The second-order valence-corrected chi connectivity index (χ2v) is 5.02. The Bertz CT molecular complexity index is 159. The highest BCUT2D eigenvalue weighted by Gasteiger charge is 2.35. The van der Waals surface area contributed by atoms with Crippen LogP contribution in [0.25, 0.3) is 0 Å². The van der Waals surface area contributed by atoms with Crippen LogP contribution in [0.3, 0.4) is 0 Å². The van der Waals surface area contributed by atoms with Gasteiger partial charge in [0.05, 0.1) is 0 Å². The van der Waals surface area contributed by atoms with Crippen molar-refractivity contribution in [3.05, 3.63) is 0 Å². The summed E-state index contributed by atoms with van der Waals surface area (Å²) in [5, 5.41) is 0. The van der Waals surface area contributed by atoms with Crippen molar-refractivity contribution in [2.45, 2.75) is 91.0 Å². The van der Waals surface area contributed by atoms with Gasteiger partial charge in [-0.05, 0) is 39.3 Å². The SMILES string of the molecule is CC.CC.CN1CCCCCC12CCCCC2. The third-order valence-electron chi connectivity index (χ3n) is 4.23. The summed E-state index contributed by atoms with van der Waals surface area (Å²) < 4.78 is 0. The number of nitrogens with zero attached hydrogens (tertiary/aromatic N) is 1. The Morgan fingerprint density at radius 1 is 0.647 bits per heavy atom. The van der Waals surface area contributed by atoms with Gasteiger partial charge in [-0.3, -0.25) is 0 Å². The van der Waals surface area contributed by atoms with Gasteiger partial charge in [-0.15, -0.1) is 0 Å². The minimum Gasteiger partial charge on any atom is -0.301 e. The molecule has 2 fully saturated rings. The first-order valence-electron chi connectivity index (χ1n) is 8.05. The third kappa shape index (κ3) is 4.99. The molecular formula is C16H35N. The van der Waals surface area contributed by atoms with Gasteiger partial charge in [0.15, 0.2) is 0 Å². The standard InChI is InChI=1S/C12H23N.2C2H6/c1-13-11-7-3-6-10-12(13)8-4-2-5-9-12;2*1-2/h2-11H2,1H3;2*1-2H3. The Morgan fingerprint density at radius 2 is 1.06 bits per heavy atom. The van der Waals surface area contributed by atoms with E-state index < -0.39 is 0 Å². The molecule has 1 heterocycles. The lowest BCUT2D eigenvalue weighted by atomic mass is 9.78. The molecule has 0 amide bonds. The van der Waals surface area contributed by atoms with Crippen molar-refractivity contribution in [3.8, 4) is 0 Å². The molecule has 2 aliphatic rings. The maximum atomic E-state index is 2.68. The van der Waals surface area contributed by atoms with Crippen LogP contribution < -0.4 is 0 Å². The molecule has 0 N–H and O–H groups in total. The van der Waals surface area contributed by atoms with Crippen LogP contribution in [-0.4, -0.2) is 24.0 Å². The van der Waals surface area contributed by atoms with Crippen molar-refractivity contribution >= 4 is 0 Å². The molecular weight excluding hydrogens is 206 g/mol. The molecule has 0 radical (unpaired) electrons. The van der Waals surface area contributed by atoms with Crippen LogP contribution in [0.5, 0.6) is 0 Å². The zero-order chi connectivity index (χ0) is 13.1. The van der Waals surface area contributed by atoms with Crippen LogP contribution in [0, 0.1) is 0 Å². The minimum atomic E-state index is 0.634. The lowest BCUT2D eigenvalue weighted by molar-refractivity contribution is 0.0759. The second-order valence-electron chi connectivity index (χ2n) is 5.02. The van der Waals surface area contributed by atoms with Crippen molar-refractivity contribution < 1.29 is 0 Å². The van der Waals surface area contributed by atoms with Gasteiger partial charge in [0.1, 0.15) is 0 Å². The molecule has 1 saturated carbocycles. The summed E-state index contributed by atoms with van der Waals surface area (Å²) in [7, 11) is 2.36. The Kier molecular flexibility index (Phi) is 9.91. The molecule has 1 nitrogen and oxygen atoms in total. The third-order valence-corrected chi connectivity index (χ3v) is 4.23. The summed E-state index contributed by atoms with van der Waals surface area (Å²) in [4.78, 5) is 2.68. The summed E-state index contributed by atoms with van der Waals surface area (Å²) in [6, 6.07) is 0. The maximum Gasteiger partial charge on any atom is 0.0206 e. The van der Waals surface area contributed by atoms with Crippen molar-refractivity contribution in [1.29, 1.82) is 0 Å². The van der Waals surface area contributed by atoms with E-state index in [1.54, 1.807) is 0 Å². The van der Waals surface area contributed by atoms with E-state index in [0.29, 0.717) is 5.54 Å². The zero-order valence-electron chi connectivity index (χ0n) is 13.0. The van der Waals surface area contributed by atoms with E-state index >= 15 is 0 Å². The van der Waals surface area contributed by atoms with E-state index in [-0.39, 0.29) is 0 Å². The van der Waals surface area contributed by atoms with E-state index in [1.165, 1.54) is 64.3 Å². The predicted octanol–water partition coefficient (Wildman–Crippen LogP) is 5.25. The number of rotatable bonds is 0. The molecule has 0 aromatic carbocycles. The summed E-state index contributed by atoms with van der Waals surface area (Å²) in [5.41, 5.74) is 0.634. The first-order valence-corrected chi connectivity index (χ1v) is 8.05. The molecule has 104 valence electrons. The van der Waals surface area contributed by atoms with Crippen LogP contribution in [0.2, 0.25) is 0 Å². The van der Waals surface area contributed by atoms with Gasteiger partial charge in [-0.25, -0.2) is 0 Å². The fraction of sp³-hybridized carbons (Fsp3) is 1.00. The zero-order valence-corrected chi connectivity index (χ0v) is 13.0. The molecule has 0 bridgehead atoms. The van der Waals surface area contributed by atoms with Crippen LogP contribution in [0.4, 0.5) is 0 Å². The molecule has 1 saturated heterocycles. The molecule has 17 heavy (non-hydrogen) atoms. The minimum absolute atomic E-state index is 0.634. The highest BCUT2D eigenvalue weighted by Crippen LogP contribution is 2.38. The molecule has 1 spiro atoms. The van der Waals surface area contributed by atoms with Gasteiger partial charge in [0.25, 0.3) is 0 Å². The molecule has 0 atom stereocenters. The van der Waals surface area contributed by atoms with Crippen molar-refractivity contribution in [2.75, 3.05) is 13.6 Å². The molecule has 1 heteroatoms. The fourth-order valence-corrected chi connectivity index (χ4v) is 3.25. The smallest absolute Gasteiger partial charge is 0.0206 e. The molecule has 0 aromatic heterocycles. The molecule has 0 aromatic rings. The lowest BCUT2D eigenvalue weighted by Crippen LogP contribution is -2.47. The first kappa shape index (κ1) is 17.0. The summed E-state index contributed by atoms with van der Waals surface area (Å²) in [6.07, 6.45) is 13.2. The Labute approximate surface area is 110 Å². The molecule has 1 aliphatic carbocycles. The fourth-order valence-electron chi connectivity index (χ4n) is 3.25. The topological polar surface area (TPSA) is 3.24 Å². The van der Waals surface area contributed by atoms with E-state index in [4.69, 9.17) is 0 Å². The summed E-state index contributed by atoms with van der Waals surface area (Å²) >= 11 is 0. The van der Waals surface area contributed by atoms with Gasteiger partial charge in [0, 0.05) is 5.54 Å². The normalized spacial score (nSPS) is 23.8. The van der Waals surface area contributed by atoms with Crippen molar-refractivity contribution in [2.24, 2.45) is 0 Å². The first-order chi connectivity index (χ1) is 8.33. The van der Waals surface area contributed by atoms with Crippen molar-refractivity contribution in [3.63, 3.8) is 0 Å². The Morgan fingerprint density at radius 3 is 1.53 bits per heavy atom. The van der Waals surface area contributed by atoms with Crippen LogP contribution in [0.15, 0.2) is 0 Å². The number of likely N-dealkylation sites (tertiary alicyclic amines) is 1. The molecule has 2 rings (SSSR count). The van der Waals surface area contributed by atoms with Crippen LogP contribution >= 0.6 is 0 Å². The number of hydrogen-bond acceptors (Lipinski definition) is 1. The predicted molar refractivity (Wildman–Crippen MR) is 79.6 cm³/mol. The average molecular weight is 241 g/mol. The quantitative estimate of drug-likeness (QED) is 0.560. The number of hydrogen-bond donors (Lipinski definition) is 0. The van der Waals surface area contributed by atoms with Gasteiger partial charge < -0.3 is 4.90 Å². The molecule has 1 aliphatic heterocycles. The average Bonchev–Trinajstić information content (AvgIpc) is 2.59. The highest BCUT2D eigenvalue weighted by molar-refractivity contribution is 4.92. The van der Waals surface area contributed by atoms with Gasteiger partial charge in [-0.2, -0.15) is 0 Å².